The van der Waals surface area contributed by atoms with E-state index in [0.29, 0.717) is 32.9 Å². The van der Waals surface area contributed by atoms with E-state index in [1.807, 2.05) is 36.4 Å². The molecule has 0 amide bonds. The normalized spacial score (nSPS) is 10.9. The van der Waals surface area contributed by atoms with E-state index in [0.717, 1.165) is 22.0 Å². The third-order valence-electron chi connectivity index (χ3n) is 4.76. The summed E-state index contributed by atoms with van der Waals surface area (Å²) in [6.07, 6.45) is 0. The molecule has 4 aromatic carbocycles. The maximum atomic E-state index is 14.1. The molecular formula is C24H17Cl3FNO. The van der Waals surface area contributed by atoms with Crippen LogP contribution in [-0.2, 0) is 13.2 Å². The Morgan fingerprint density at radius 1 is 0.800 bits per heavy atom. The van der Waals surface area contributed by atoms with Crippen molar-refractivity contribution in [2.45, 2.75) is 13.2 Å². The first-order chi connectivity index (χ1) is 14.5. The van der Waals surface area contributed by atoms with Gasteiger partial charge in [-0.25, -0.2) is 4.39 Å². The van der Waals surface area contributed by atoms with Crippen LogP contribution in [0.25, 0.3) is 10.8 Å². The molecule has 0 saturated carbocycles. The summed E-state index contributed by atoms with van der Waals surface area (Å²) in [5.41, 5.74) is 2.06. The fraction of sp³-hybridized carbons (Fsp3) is 0.0833. The molecule has 6 heteroatoms. The molecule has 1 N–H and O–H groups in total. The van der Waals surface area contributed by atoms with Crippen LogP contribution in [0.2, 0.25) is 15.1 Å². The highest BCUT2D eigenvalue weighted by Crippen LogP contribution is 2.31. The number of ether oxygens (including phenoxy) is 1. The number of rotatable bonds is 6. The first kappa shape index (κ1) is 20.8. The van der Waals surface area contributed by atoms with Crippen LogP contribution in [0.4, 0.5) is 10.1 Å². The number of halogens is 4. The maximum Gasteiger partial charge on any atom is 0.131 e. The number of fused-ring (bicyclic) bond motifs is 1. The second-order valence-electron chi connectivity index (χ2n) is 6.76. The Morgan fingerprint density at radius 3 is 2.33 bits per heavy atom. The smallest absolute Gasteiger partial charge is 0.131 e. The van der Waals surface area contributed by atoms with Crippen LogP contribution in [0.15, 0.2) is 72.8 Å². The summed E-state index contributed by atoms with van der Waals surface area (Å²) < 4.78 is 20.2. The predicted octanol–water partition coefficient (Wildman–Crippen LogP) is 8.13. The average Bonchev–Trinajstić information content (AvgIpc) is 2.71. The zero-order valence-corrected chi connectivity index (χ0v) is 18.0. The molecule has 0 spiro atoms. The van der Waals surface area contributed by atoms with E-state index in [-0.39, 0.29) is 6.61 Å². The average molecular weight is 461 g/mol. The fourth-order valence-electron chi connectivity index (χ4n) is 3.30. The lowest BCUT2D eigenvalue weighted by Gasteiger charge is -2.16. The molecule has 0 atom stereocenters. The standard InChI is InChI=1S/C24H17Cl3FNO/c25-16-10-17(26)12-18(11-16)29-13-20-19-5-2-1-4-15(19)8-9-24(20)30-14-21-22(27)6-3-7-23(21)28/h1-12,29H,13-14H2. The quantitative estimate of drug-likeness (QED) is 0.313. The van der Waals surface area contributed by atoms with Crippen LogP contribution in [-0.4, -0.2) is 0 Å². The van der Waals surface area contributed by atoms with Gasteiger partial charge >= 0.3 is 0 Å². The van der Waals surface area contributed by atoms with Crippen LogP contribution < -0.4 is 10.1 Å². The minimum absolute atomic E-state index is 0.0276. The highest BCUT2D eigenvalue weighted by atomic mass is 35.5. The molecule has 0 unspecified atom stereocenters. The summed E-state index contributed by atoms with van der Waals surface area (Å²) >= 11 is 18.4. The molecule has 152 valence electrons. The highest BCUT2D eigenvalue weighted by Gasteiger charge is 2.12. The minimum Gasteiger partial charge on any atom is -0.488 e. The van der Waals surface area contributed by atoms with Gasteiger partial charge in [0.1, 0.15) is 18.2 Å². The summed E-state index contributed by atoms with van der Waals surface area (Å²) in [6.45, 7) is 0.498. The molecule has 0 fully saturated rings. The van der Waals surface area contributed by atoms with Gasteiger partial charge in [-0.1, -0.05) is 71.2 Å². The number of hydrogen-bond donors (Lipinski definition) is 1. The monoisotopic (exact) mass is 459 g/mol. The topological polar surface area (TPSA) is 21.3 Å². The molecule has 0 aliphatic rings. The number of hydrogen-bond acceptors (Lipinski definition) is 2. The predicted molar refractivity (Wildman–Crippen MR) is 123 cm³/mol. The van der Waals surface area contributed by atoms with Gasteiger partial charge in [-0.3, -0.25) is 0 Å². The van der Waals surface area contributed by atoms with Crippen molar-refractivity contribution in [1.29, 1.82) is 0 Å². The molecule has 2 nitrogen and oxygen atoms in total. The van der Waals surface area contributed by atoms with E-state index < -0.39 is 5.82 Å². The molecule has 30 heavy (non-hydrogen) atoms. The van der Waals surface area contributed by atoms with Gasteiger partial charge in [-0.05, 0) is 47.2 Å². The van der Waals surface area contributed by atoms with Gasteiger partial charge in [-0.2, -0.15) is 0 Å². The van der Waals surface area contributed by atoms with Crippen molar-refractivity contribution in [3.63, 3.8) is 0 Å². The summed E-state index contributed by atoms with van der Waals surface area (Å²) in [5, 5.41) is 6.90. The second kappa shape index (κ2) is 9.13. The van der Waals surface area contributed by atoms with E-state index in [2.05, 4.69) is 5.32 Å². The summed E-state index contributed by atoms with van der Waals surface area (Å²) in [4.78, 5) is 0. The first-order valence-corrected chi connectivity index (χ1v) is 10.4. The number of anilines is 1. The van der Waals surface area contributed by atoms with Gasteiger partial charge in [0.2, 0.25) is 0 Å². The van der Waals surface area contributed by atoms with E-state index in [9.17, 15) is 4.39 Å². The third kappa shape index (κ3) is 4.65. The van der Waals surface area contributed by atoms with Crippen molar-refractivity contribution in [2.24, 2.45) is 0 Å². The van der Waals surface area contributed by atoms with Crippen LogP contribution in [0.1, 0.15) is 11.1 Å². The van der Waals surface area contributed by atoms with Crippen molar-refractivity contribution < 1.29 is 9.13 Å². The van der Waals surface area contributed by atoms with Gasteiger partial charge in [-0.15, -0.1) is 0 Å². The molecule has 0 saturated heterocycles. The Hall–Kier alpha value is -2.46. The van der Waals surface area contributed by atoms with Crippen LogP contribution in [0.5, 0.6) is 5.75 Å². The summed E-state index contributed by atoms with van der Waals surface area (Å²) in [5.74, 6) is 0.255. The first-order valence-electron chi connectivity index (χ1n) is 9.27. The molecule has 0 aromatic heterocycles. The van der Waals surface area contributed by atoms with Crippen molar-refractivity contribution in [1.82, 2.24) is 0 Å². The molecule has 0 radical (unpaired) electrons. The SMILES string of the molecule is Fc1cccc(Cl)c1COc1ccc2ccccc2c1CNc1cc(Cl)cc(Cl)c1. The Labute approximate surface area is 189 Å². The van der Waals surface area contributed by atoms with Crippen molar-refractivity contribution in [3.05, 3.63) is 105 Å². The maximum absolute atomic E-state index is 14.1. The molecule has 0 aliphatic heterocycles. The van der Waals surface area contributed by atoms with E-state index in [1.165, 1.54) is 6.07 Å². The molecule has 4 aromatic rings. The molecule has 0 heterocycles. The largest absolute Gasteiger partial charge is 0.488 e. The van der Waals surface area contributed by atoms with E-state index in [1.54, 1.807) is 30.3 Å². The Kier molecular flexibility index (Phi) is 6.33. The van der Waals surface area contributed by atoms with Gasteiger partial charge in [0.25, 0.3) is 0 Å². The van der Waals surface area contributed by atoms with Crippen molar-refractivity contribution in [2.75, 3.05) is 5.32 Å². The minimum atomic E-state index is -0.392. The van der Waals surface area contributed by atoms with E-state index in [4.69, 9.17) is 39.5 Å². The lowest BCUT2D eigenvalue weighted by molar-refractivity contribution is 0.297. The van der Waals surface area contributed by atoms with Crippen molar-refractivity contribution in [3.8, 4) is 5.75 Å². The van der Waals surface area contributed by atoms with Crippen LogP contribution in [0, 0.1) is 5.82 Å². The molecule has 0 bridgehead atoms. The van der Waals surface area contributed by atoms with Crippen LogP contribution in [0.3, 0.4) is 0 Å². The molecular weight excluding hydrogens is 444 g/mol. The Balaban J connectivity index is 1.65. The second-order valence-corrected chi connectivity index (χ2v) is 8.04. The summed E-state index contributed by atoms with van der Waals surface area (Å²) in [7, 11) is 0. The fourth-order valence-corrected chi connectivity index (χ4v) is 4.04. The van der Waals surface area contributed by atoms with Crippen LogP contribution >= 0.6 is 34.8 Å². The highest BCUT2D eigenvalue weighted by molar-refractivity contribution is 6.35. The third-order valence-corrected chi connectivity index (χ3v) is 5.55. The number of benzene rings is 4. The lowest BCUT2D eigenvalue weighted by atomic mass is 10.0. The van der Waals surface area contributed by atoms with E-state index >= 15 is 0 Å². The molecule has 4 rings (SSSR count). The van der Waals surface area contributed by atoms with Gasteiger partial charge in [0.15, 0.2) is 0 Å². The van der Waals surface area contributed by atoms with Gasteiger partial charge in [0.05, 0.1) is 5.02 Å². The lowest BCUT2D eigenvalue weighted by Crippen LogP contribution is -2.06. The zero-order chi connectivity index (χ0) is 21.1. The number of nitrogens with one attached hydrogen (secondary N) is 1. The summed E-state index contributed by atoms with van der Waals surface area (Å²) in [6, 6.07) is 21.8. The van der Waals surface area contributed by atoms with Gasteiger partial charge < -0.3 is 10.1 Å². The van der Waals surface area contributed by atoms with Gasteiger partial charge in [0, 0.05) is 33.4 Å². The zero-order valence-electron chi connectivity index (χ0n) is 15.8. The molecule has 0 aliphatic carbocycles. The Bertz CT molecular complexity index is 1170. The Morgan fingerprint density at radius 2 is 1.57 bits per heavy atom. The van der Waals surface area contributed by atoms with Crippen molar-refractivity contribution >= 4 is 51.3 Å².